The van der Waals surface area contributed by atoms with Crippen LogP contribution in [0.1, 0.15) is 18.5 Å². The number of nitrogens with one attached hydrogen (secondary N) is 1. The minimum atomic E-state index is -0.929. The number of pyridine rings is 1. The summed E-state index contributed by atoms with van der Waals surface area (Å²) in [5, 5.41) is 11.8. The van der Waals surface area contributed by atoms with Gasteiger partial charge in [0.1, 0.15) is 5.82 Å². The Morgan fingerprint density at radius 2 is 1.95 bits per heavy atom. The molecule has 0 aliphatic heterocycles. The lowest BCUT2D eigenvalue weighted by Crippen LogP contribution is -2.34. The first kappa shape index (κ1) is 13.3. The Morgan fingerprint density at radius 1 is 1.26 bits per heavy atom. The maximum atomic E-state index is 12.1. The second-order valence-electron chi connectivity index (χ2n) is 4.65. The first-order valence-electron chi connectivity index (χ1n) is 6.20. The number of carbonyl (C=O) groups excluding carboxylic acids is 1. The van der Waals surface area contributed by atoms with E-state index >= 15 is 0 Å². The van der Waals surface area contributed by atoms with E-state index in [2.05, 4.69) is 10.3 Å². The number of carboxylic acid groups (broad SMARTS) is 1. The number of carbonyl (C=O) groups is 2. The topological polar surface area (TPSA) is 79.3 Å². The van der Waals surface area contributed by atoms with Crippen molar-refractivity contribution in [3.05, 3.63) is 36.0 Å². The van der Waals surface area contributed by atoms with Gasteiger partial charge in [-0.15, -0.1) is 0 Å². The Kier molecular flexibility index (Phi) is 3.94. The van der Waals surface area contributed by atoms with Crippen LogP contribution in [0.15, 0.2) is 30.4 Å². The molecule has 0 bridgehead atoms. The molecular formula is C14H16N2O3. The second kappa shape index (κ2) is 5.65. The highest BCUT2D eigenvalue weighted by Gasteiger charge is 2.34. The van der Waals surface area contributed by atoms with Gasteiger partial charge in [-0.1, -0.05) is 18.2 Å². The van der Waals surface area contributed by atoms with Crippen molar-refractivity contribution in [1.29, 1.82) is 0 Å². The van der Waals surface area contributed by atoms with Crippen LogP contribution in [0.3, 0.4) is 0 Å². The van der Waals surface area contributed by atoms with Crippen LogP contribution < -0.4 is 5.32 Å². The monoisotopic (exact) mass is 260 g/mol. The van der Waals surface area contributed by atoms with Crippen molar-refractivity contribution < 1.29 is 14.7 Å². The maximum absolute atomic E-state index is 12.1. The Balaban J connectivity index is 2.10. The van der Waals surface area contributed by atoms with Crippen molar-refractivity contribution in [3.8, 4) is 0 Å². The Morgan fingerprint density at radius 3 is 2.58 bits per heavy atom. The smallest absolute Gasteiger partial charge is 0.307 e. The minimum absolute atomic E-state index is 0.283. The number of aryl methyl sites for hydroxylation is 1. The fourth-order valence-electron chi connectivity index (χ4n) is 2.21. The molecule has 2 atom stereocenters. The predicted molar refractivity (Wildman–Crippen MR) is 70.6 cm³/mol. The van der Waals surface area contributed by atoms with Gasteiger partial charge in [-0.2, -0.15) is 0 Å². The molecule has 0 spiro atoms. The van der Waals surface area contributed by atoms with E-state index in [1.165, 1.54) is 0 Å². The lowest BCUT2D eigenvalue weighted by molar-refractivity contribution is -0.146. The molecule has 1 heterocycles. The molecule has 2 N–H and O–H groups in total. The summed E-state index contributed by atoms with van der Waals surface area (Å²) in [7, 11) is 0. The van der Waals surface area contributed by atoms with Crippen LogP contribution in [0.4, 0.5) is 5.82 Å². The van der Waals surface area contributed by atoms with Crippen LogP contribution in [0.2, 0.25) is 0 Å². The van der Waals surface area contributed by atoms with Gasteiger partial charge < -0.3 is 10.4 Å². The number of anilines is 1. The lowest BCUT2D eigenvalue weighted by Gasteiger charge is -2.24. The summed E-state index contributed by atoms with van der Waals surface area (Å²) < 4.78 is 0. The molecular weight excluding hydrogens is 244 g/mol. The van der Waals surface area contributed by atoms with Gasteiger partial charge in [0.15, 0.2) is 0 Å². The third-order valence-corrected chi connectivity index (χ3v) is 3.23. The summed E-state index contributed by atoms with van der Waals surface area (Å²) in [4.78, 5) is 27.5. The van der Waals surface area contributed by atoms with Crippen molar-refractivity contribution in [2.75, 3.05) is 5.32 Å². The number of aliphatic carboxylic acids is 1. The molecule has 0 radical (unpaired) electrons. The molecule has 0 unspecified atom stereocenters. The third-order valence-electron chi connectivity index (χ3n) is 3.23. The lowest BCUT2D eigenvalue weighted by atomic mass is 9.82. The molecule has 19 heavy (non-hydrogen) atoms. The molecule has 100 valence electrons. The fraction of sp³-hybridized carbons (Fsp3) is 0.357. The summed E-state index contributed by atoms with van der Waals surface area (Å²) in [6, 6.07) is 5.33. The number of hydrogen-bond donors (Lipinski definition) is 2. The number of nitrogens with zero attached hydrogens (tertiary/aromatic N) is 1. The third kappa shape index (κ3) is 3.19. The molecule has 0 saturated heterocycles. The highest BCUT2D eigenvalue weighted by atomic mass is 16.4. The van der Waals surface area contributed by atoms with E-state index < -0.39 is 17.8 Å². The van der Waals surface area contributed by atoms with Gasteiger partial charge in [0, 0.05) is 5.69 Å². The van der Waals surface area contributed by atoms with E-state index in [1.807, 2.05) is 25.1 Å². The zero-order chi connectivity index (χ0) is 13.8. The minimum Gasteiger partial charge on any atom is -0.481 e. The number of rotatable bonds is 3. The zero-order valence-corrected chi connectivity index (χ0v) is 10.7. The number of carboxylic acids is 1. The highest BCUT2D eigenvalue weighted by molar-refractivity contribution is 5.94. The SMILES string of the molecule is Cc1cccc(NC(=O)[C@H]2CC=CC[C@@H]2C(=O)O)n1. The highest BCUT2D eigenvalue weighted by Crippen LogP contribution is 2.27. The van der Waals surface area contributed by atoms with Gasteiger partial charge in [0.2, 0.25) is 5.91 Å². The van der Waals surface area contributed by atoms with Crippen LogP contribution in [0, 0.1) is 18.8 Å². The summed E-state index contributed by atoms with van der Waals surface area (Å²) in [5.74, 6) is -1.94. The number of amides is 1. The van der Waals surface area contributed by atoms with Crippen molar-refractivity contribution >= 4 is 17.7 Å². The van der Waals surface area contributed by atoms with Crippen molar-refractivity contribution in [2.45, 2.75) is 19.8 Å². The molecule has 2 rings (SSSR count). The van der Waals surface area contributed by atoms with Gasteiger partial charge in [0.05, 0.1) is 11.8 Å². The van der Waals surface area contributed by atoms with Crippen LogP contribution >= 0.6 is 0 Å². The molecule has 5 nitrogen and oxygen atoms in total. The van der Waals surface area contributed by atoms with Crippen LogP contribution in [-0.2, 0) is 9.59 Å². The molecule has 1 aromatic heterocycles. The molecule has 1 aliphatic rings. The van der Waals surface area contributed by atoms with Crippen LogP contribution in [-0.4, -0.2) is 22.0 Å². The first-order valence-corrected chi connectivity index (χ1v) is 6.20. The van der Waals surface area contributed by atoms with E-state index in [1.54, 1.807) is 12.1 Å². The van der Waals surface area contributed by atoms with Gasteiger partial charge >= 0.3 is 5.97 Å². The zero-order valence-electron chi connectivity index (χ0n) is 10.7. The Labute approximate surface area is 111 Å². The molecule has 0 saturated carbocycles. The maximum Gasteiger partial charge on any atom is 0.307 e. The van der Waals surface area contributed by atoms with E-state index in [0.29, 0.717) is 18.7 Å². The fourth-order valence-corrected chi connectivity index (χ4v) is 2.21. The largest absolute Gasteiger partial charge is 0.481 e. The number of hydrogen-bond acceptors (Lipinski definition) is 3. The first-order chi connectivity index (χ1) is 9.08. The summed E-state index contributed by atoms with van der Waals surface area (Å²) in [6.07, 6.45) is 4.52. The van der Waals surface area contributed by atoms with E-state index in [-0.39, 0.29) is 5.91 Å². The average Bonchev–Trinajstić information content (AvgIpc) is 2.38. The number of allylic oxidation sites excluding steroid dienone is 2. The molecule has 1 aliphatic carbocycles. The normalized spacial score (nSPS) is 21.9. The molecule has 0 aromatic carbocycles. The van der Waals surface area contributed by atoms with Crippen molar-refractivity contribution in [3.63, 3.8) is 0 Å². The van der Waals surface area contributed by atoms with E-state index in [9.17, 15) is 9.59 Å². The van der Waals surface area contributed by atoms with E-state index in [0.717, 1.165) is 5.69 Å². The van der Waals surface area contributed by atoms with Crippen molar-refractivity contribution in [1.82, 2.24) is 4.98 Å². The molecule has 1 aromatic rings. The average molecular weight is 260 g/mol. The van der Waals surface area contributed by atoms with Gasteiger partial charge in [-0.05, 0) is 31.9 Å². The summed E-state index contributed by atoms with van der Waals surface area (Å²) >= 11 is 0. The van der Waals surface area contributed by atoms with Crippen molar-refractivity contribution in [2.24, 2.45) is 11.8 Å². The standard InChI is InChI=1S/C14H16N2O3/c1-9-5-4-8-12(15-9)16-13(17)10-6-2-3-7-11(10)14(18)19/h2-5,8,10-11H,6-7H2,1H3,(H,18,19)(H,15,16,17)/t10-,11-/m0/s1. The van der Waals surface area contributed by atoms with Gasteiger partial charge in [-0.25, -0.2) is 4.98 Å². The molecule has 5 heteroatoms. The predicted octanol–water partition coefficient (Wildman–Crippen LogP) is 2.00. The molecule has 1 amide bonds. The Hall–Kier alpha value is -2.17. The quantitative estimate of drug-likeness (QED) is 0.815. The van der Waals surface area contributed by atoms with Gasteiger partial charge in [0.25, 0.3) is 0 Å². The van der Waals surface area contributed by atoms with Gasteiger partial charge in [-0.3, -0.25) is 9.59 Å². The second-order valence-corrected chi connectivity index (χ2v) is 4.65. The molecule has 0 fully saturated rings. The Bertz CT molecular complexity index is 525. The van der Waals surface area contributed by atoms with E-state index in [4.69, 9.17) is 5.11 Å². The summed E-state index contributed by atoms with van der Waals surface area (Å²) in [5.41, 5.74) is 0.802. The van der Waals surface area contributed by atoms with Crippen LogP contribution in [0.5, 0.6) is 0 Å². The summed E-state index contributed by atoms with van der Waals surface area (Å²) in [6.45, 7) is 1.83. The van der Waals surface area contributed by atoms with Crippen LogP contribution in [0.25, 0.3) is 0 Å². The number of aromatic nitrogens is 1.